The molecule has 92 valence electrons. The molecule has 1 rings (SSSR count). The lowest BCUT2D eigenvalue weighted by atomic mass is 10.4. The lowest BCUT2D eigenvalue weighted by molar-refractivity contribution is 0.528. The van der Waals surface area contributed by atoms with Gasteiger partial charge in [-0.1, -0.05) is 13.8 Å². The maximum Gasteiger partial charge on any atom is 0.149 e. The van der Waals surface area contributed by atoms with Gasteiger partial charge in [0, 0.05) is 12.3 Å². The number of aryl methyl sites for hydroxylation is 1. The monoisotopic (exact) mass is 246 g/mol. The molecule has 1 aromatic rings. The summed E-state index contributed by atoms with van der Waals surface area (Å²) >= 11 is 0. The van der Waals surface area contributed by atoms with Crippen LogP contribution in [0.1, 0.15) is 19.7 Å². The van der Waals surface area contributed by atoms with Crippen LogP contribution in [0.25, 0.3) is 0 Å². The lowest BCUT2D eigenvalue weighted by Gasteiger charge is -2.08. The minimum atomic E-state index is -2.96. The molecule has 0 bridgehead atoms. The minimum Gasteiger partial charge on any atom is -0.308 e. The van der Waals surface area contributed by atoms with Crippen molar-refractivity contribution in [3.8, 4) is 0 Å². The van der Waals surface area contributed by atoms with Gasteiger partial charge in [-0.25, -0.2) is 18.1 Å². The van der Waals surface area contributed by atoms with Crippen molar-refractivity contribution in [2.45, 2.75) is 33.0 Å². The van der Waals surface area contributed by atoms with Crippen molar-refractivity contribution >= 4 is 9.84 Å². The molecule has 0 saturated heterocycles. The molecule has 0 spiro atoms. The number of nitrogens with one attached hydrogen (secondary N) is 1. The Morgan fingerprint density at radius 2 is 2.19 bits per heavy atom. The number of sulfone groups is 1. The van der Waals surface area contributed by atoms with Crippen LogP contribution in [-0.4, -0.2) is 41.2 Å². The Kier molecular flexibility index (Phi) is 4.43. The van der Waals surface area contributed by atoms with Crippen LogP contribution in [0.15, 0.2) is 6.33 Å². The minimum absolute atomic E-state index is 0.0883. The molecule has 6 nitrogen and oxygen atoms in total. The van der Waals surface area contributed by atoms with Crippen LogP contribution >= 0.6 is 0 Å². The van der Waals surface area contributed by atoms with Gasteiger partial charge in [0.2, 0.25) is 0 Å². The largest absolute Gasteiger partial charge is 0.308 e. The van der Waals surface area contributed by atoms with Crippen LogP contribution in [0.5, 0.6) is 0 Å². The summed E-state index contributed by atoms with van der Waals surface area (Å²) in [7, 11) is -2.96. The smallest absolute Gasteiger partial charge is 0.149 e. The summed E-state index contributed by atoms with van der Waals surface area (Å²) in [5, 5.41) is 7.21. The van der Waals surface area contributed by atoms with E-state index in [2.05, 4.69) is 15.4 Å². The molecule has 0 fully saturated rings. The summed E-state index contributed by atoms with van der Waals surface area (Å²) in [6.07, 6.45) is 2.66. The van der Waals surface area contributed by atoms with Crippen molar-refractivity contribution in [3.63, 3.8) is 0 Å². The highest BCUT2D eigenvalue weighted by Crippen LogP contribution is 1.96. The van der Waals surface area contributed by atoms with Crippen molar-refractivity contribution in [2.24, 2.45) is 0 Å². The molecule has 7 heteroatoms. The van der Waals surface area contributed by atoms with Crippen molar-refractivity contribution < 1.29 is 8.42 Å². The first-order valence-electron chi connectivity index (χ1n) is 5.16. The highest BCUT2D eigenvalue weighted by Gasteiger charge is 2.08. The summed E-state index contributed by atoms with van der Waals surface area (Å²) in [6.45, 7) is 5.03. The predicted molar refractivity (Wildman–Crippen MR) is 61.7 cm³/mol. The van der Waals surface area contributed by atoms with Gasteiger partial charge in [0.1, 0.15) is 22.0 Å². The second kappa shape index (κ2) is 5.40. The topological polar surface area (TPSA) is 76.9 Å². The highest BCUT2D eigenvalue weighted by molar-refractivity contribution is 7.90. The zero-order chi connectivity index (χ0) is 12.2. The van der Waals surface area contributed by atoms with Crippen LogP contribution in [0, 0.1) is 0 Å². The van der Waals surface area contributed by atoms with E-state index in [1.54, 1.807) is 4.68 Å². The Labute approximate surface area is 96.0 Å². The van der Waals surface area contributed by atoms with Gasteiger partial charge >= 0.3 is 0 Å². The zero-order valence-corrected chi connectivity index (χ0v) is 10.7. The maximum atomic E-state index is 11.0. The average molecular weight is 246 g/mol. The Morgan fingerprint density at radius 1 is 1.50 bits per heavy atom. The fourth-order valence-electron chi connectivity index (χ4n) is 1.16. The quantitative estimate of drug-likeness (QED) is 0.753. The number of aromatic nitrogens is 3. The molecule has 0 aliphatic heterocycles. The van der Waals surface area contributed by atoms with Crippen molar-refractivity contribution in [2.75, 3.05) is 12.0 Å². The number of hydrogen-bond donors (Lipinski definition) is 1. The fourth-order valence-corrected chi connectivity index (χ4v) is 1.66. The van der Waals surface area contributed by atoms with Crippen LogP contribution in [0.2, 0.25) is 0 Å². The third-order valence-corrected chi connectivity index (χ3v) is 2.96. The normalized spacial score (nSPS) is 12.2. The summed E-state index contributed by atoms with van der Waals surface area (Å²) in [5.74, 6) is 0.850. The Bertz CT molecular complexity index is 424. The SMILES string of the molecule is CC(C)NCc1ncnn1CCS(C)(=O)=O. The zero-order valence-electron chi connectivity index (χ0n) is 9.84. The second-order valence-electron chi connectivity index (χ2n) is 4.06. The standard InChI is InChI=1S/C9H18N4O2S/c1-8(2)10-6-9-11-7-12-13(9)4-5-16(3,14)15/h7-8,10H,4-6H2,1-3H3. The molecule has 0 atom stereocenters. The summed E-state index contributed by atoms with van der Waals surface area (Å²) in [4.78, 5) is 4.08. The van der Waals surface area contributed by atoms with Gasteiger partial charge in [0.25, 0.3) is 0 Å². The highest BCUT2D eigenvalue weighted by atomic mass is 32.2. The molecule has 1 heterocycles. The van der Waals surface area contributed by atoms with E-state index in [9.17, 15) is 8.42 Å². The summed E-state index contributed by atoms with van der Waals surface area (Å²) < 4.78 is 23.7. The van der Waals surface area contributed by atoms with Crippen molar-refractivity contribution in [1.29, 1.82) is 0 Å². The van der Waals surface area contributed by atoms with Crippen molar-refractivity contribution in [3.05, 3.63) is 12.2 Å². The first kappa shape index (κ1) is 13.1. The van der Waals surface area contributed by atoms with Gasteiger partial charge in [0.05, 0.1) is 18.8 Å². The van der Waals surface area contributed by atoms with E-state index >= 15 is 0 Å². The molecule has 0 aliphatic rings. The van der Waals surface area contributed by atoms with Gasteiger partial charge in [-0.15, -0.1) is 0 Å². The lowest BCUT2D eigenvalue weighted by Crippen LogP contribution is -2.25. The molecule has 1 aromatic heterocycles. The average Bonchev–Trinajstić information content (AvgIpc) is 2.57. The van der Waals surface area contributed by atoms with Gasteiger partial charge < -0.3 is 5.32 Å². The third kappa shape index (κ3) is 4.71. The predicted octanol–water partition coefficient (Wildman–Crippen LogP) is -0.179. The first-order chi connectivity index (χ1) is 7.38. The van der Waals surface area contributed by atoms with Crippen LogP contribution < -0.4 is 5.32 Å². The third-order valence-electron chi connectivity index (χ3n) is 2.04. The Balaban J connectivity index is 2.57. The molecule has 16 heavy (non-hydrogen) atoms. The molecule has 0 unspecified atom stereocenters. The number of nitrogens with zero attached hydrogens (tertiary/aromatic N) is 3. The van der Waals surface area contributed by atoms with E-state index in [0.717, 1.165) is 5.82 Å². The molecule has 0 radical (unpaired) electrons. The van der Waals surface area contributed by atoms with Gasteiger partial charge in [-0.05, 0) is 0 Å². The summed E-state index contributed by atoms with van der Waals surface area (Å²) in [5.41, 5.74) is 0. The van der Waals surface area contributed by atoms with Gasteiger partial charge in [-0.3, -0.25) is 0 Å². The van der Waals surface area contributed by atoms with Gasteiger partial charge in [0.15, 0.2) is 0 Å². The molecule has 1 N–H and O–H groups in total. The van der Waals surface area contributed by atoms with E-state index < -0.39 is 9.84 Å². The van der Waals surface area contributed by atoms with E-state index in [1.807, 2.05) is 13.8 Å². The summed E-state index contributed by atoms with van der Waals surface area (Å²) in [6, 6.07) is 0.361. The molecular formula is C9H18N4O2S. The number of rotatable bonds is 6. The van der Waals surface area contributed by atoms with Crippen molar-refractivity contribution in [1.82, 2.24) is 20.1 Å². The molecule has 0 saturated carbocycles. The van der Waals surface area contributed by atoms with Gasteiger partial charge in [-0.2, -0.15) is 5.10 Å². The fraction of sp³-hybridized carbons (Fsp3) is 0.778. The van der Waals surface area contributed by atoms with E-state index in [4.69, 9.17) is 0 Å². The molecule has 0 amide bonds. The Hall–Kier alpha value is -0.950. The second-order valence-corrected chi connectivity index (χ2v) is 6.32. The van der Waals surface area contributed by atoms with E-state index in [-0.39, 0.29) is 5.75 Å². The number of hydrogen-bond acceptors (Lipinski definition) is 5. The van der Waals surface area contributed by atoms with Crippen LogP contribution in [0.3, 0.4) is 0 Å². The maximum absolute atomic E-state index is 11.0. The first-order valence-corrected chi connectivity index (χ1v) is 7.22. The molecule has 0 aromatic carbocycles. The Morgan fingerprint density at radius 3 is 2.75 bits per heavy atom. The van der Waals surface area contributed by atoms with Crippen LogP contribution in [-0.2, 0) is 22.9 Å². The molecular weight excluding hydrogens is 228 g/mol. The van der Waals surface area contributed by atoms with Crippen LogP contribution in [0.4, 0.5) is 0 Å². The molecule has 0 aliphatic carbocycles. The van der Waals surface area contributed by atoms with E-state index in [1.165, 1.54) is 12.6 Å². The van der Waals surface area contributed by atoms with E-state index in [0.29, 0.717) is 19.1 Å².